The highest BCUT2D eigenvalue weighted by molar-refractivity contribution is 6.22. The van der Waals surface area contributed by atoms with Crippen LogP contribution in [0.5, 0.6) is 0 Å². The maximum absolute atomic E-state index is 6.55. The average Bonchev–Trinajstić information content (AvgIpc) is 3.73. The number of hydrogen-bond acceptors (Lipinski definition) is 2. The number of nitrogens with zero attached hydrogens (tertiary/aromatic N) is 1. The molecule has 0 fully saturated rings. The molecule has 0 spiro atoms. The zero-order valence-corrected chi connectivity index (χ0v) is 33.9. The van der Waals surface area contributed by atoms with Gasteiger partial charge in [0, 0.05) is 33.2 Å². The highest BCUT2D eigenvalue weighted by atomic mass is 16.3. The number of rotatable bonds is 7. The van der Waals surface area contributed by atoms with Crippen LogP contribution in [0.25, 0.3) is 98.8 Å². The first-order valence-corrected chi connectivity index (χ1v) is 21.2. The number of furan rings is 1. The van der Waals surface area contributed by atoms with E-state index in [2.05, 4.69) is 241 Å². The summed E-state index contributed by atoms with van der Waals surface area (Å²) in [6.45, 7) is 0. The summed E-state index contributed by atoms with van der Waals surface area (Å²) in [5, 5.41) is 9.52. The molecule has 0 unspecified atom stereocenters. The van der Waals surface area contributed by atoms with Crippen molar-refractivity contribution in [1.29, 1.82) is 0 Å². The molecule has 0 radical (unpaired) electrons. The molecule has 0 amide bonds. The highest BCUT2D eigenvalue weighted by Gasteiger charge is 2.20. The molecule has 0 aliphatic heterocycles. The number of fused-ring (bicyclic) bond motifs is 8. The zero-order valence-electron chi connectivity index (χ0n) is 33.9. The molecule has 11 aromatic carbocycles. The molecule has 0 atom stereocenters. The Hall–Kier alpha value is -8.20. The van der Waals surface area contributed by atoms with Crippen LogP contribution >= 0.6 is 0 Å². The minimum absolute atomic E-state index is 0.879. The second-order valence-corrected chi connectivity index (χ2v) is 16.0. The van der Waals surface area contributed by atoms with E-state index < -0.39 is 0 Å². The third kappa shape index (κ3) is 6.04. The fourth-order valence-corrected chi connectivity index (χ4v) is 9.50. The molecular weight excluding hydrogens is 751 g/mol. The third-order valence-electron chi connectivity index (χ3n) is 12.4. The first-order valence-electron chi connectivity index (χ1n) is 21.2. The lowest BCUT2D eigenvalue weighted by molar-refractivity contribution is 0.672. The molecule has 0 saturated heterocycles. The molecule has 62 heavy (non-hydrogen) atoms. The highest BCUT2D eigenvalue weighted by Crippen LogP contribution is 2.46. The summed E-state index contributed by atoms with van der Waals surface area (Å²) in [6.07, 6.45) is 0. The van der Waals surface area contributed by atoms with E-state index in [1.54, 1.807) is 0 Å². The molecule has 0 aliphatic rings. The Morgan fingerprint density at radius 1 is 0.258 bits per heavy atom. The lowest BCUT2D eigenvalue weighted by Gasteiger charge is -2.26. The van der Waals surface area contributed by atoms with Crippen molar-refractivity contribution in [3.8, 4) is 44.5 Å². The summed E-state index contributed by atoms with van der Waals surface area (Å²) < 4.78 is 6.55. The Balaban J connectivity index is 1.01. The molecule has 0 aliphatic carbocycles. The van der Waals surface area contributed by atoms with Gasteiger partial charge in [-0.3, -0.25) is 0 Å². The first kappa shape index (κ1) is 35.7. The maximum Gasteiger partial charge on any atom is 0.143 e. The van der Waals surface area contributed by atoms with Crippen LogP contribution in [-0.4, -0.2) is 0 Å². The lowest BCUT2D eigenvalue weighted by atomic mass is 9.84. The fourth-order valence-electron chi connectivity index (χ4n) is 9.50. The van der Waals surface area contributed by atoms with Gasteiger partial charge in [-0.1, -0.05) is 182 Å². The largest absolute Gasteiger partial charge is 0.455 e. The van der Waals surface area contributed by atoms with E-state index in [1.807, 2.05) is 0 Å². The van der Waals surface area contributed by atoms with Gasteiger partial charge in [0.05, 0.1) is 0 Å². The molecule has 2 nitrogen and oxygen atoms in total. The summed E-state index contributed by atoms with van der Waals surface area (Å²) in [5.41, 5.74) is 14.7. The second kappa shape index (κ2) is 14.8. The zero-order chi connectivity index (χ0) is 41.0. The van der Waals surface area contributed by atoms with E-state index in [0.717, 1.165) is 50.0 Å². The third-order valence-corrected chi connectivity index (χ3v) is 12.4. The predicted octanol–water partition coefficient (Wildman–Crippen LogP) is 17.2. The van der Waals surface area contributed by atoms with Crippen LogP contribution in [0.4, 0.5) is 17.1 Å². The summed E-state index contributed by atoms with van der Waals surface area (Å²) in [7, 11) is 0. The smallest absolute Gasteiger partial charge is 0.143 e. The molecule has 0 N–H and O–H groups in total. The van der Waals surface area contributed by atoms with Crippen molar-refractivity contribution < 1.29 is 4.42 Å². The van der Waals surface area contributed by atoms with Gasteiger partial charge in [0.1, 0.15) is 11.2 Å². The molecule has 0 bridgehead atoms. The van der Waals surface area contributed by atoms with Gasteiger partial charge in [-0.15, -0.1) is 0 Å². The minimum Gasteiger partial charge on any atom is -0.455 e. The van der Waals surface area contributed by atoms with E-state index in [4.69, 9.17) is 4.42 Å². The van der Waals surface area contributed by atoms with E-state index in [0.29, 0.717) is 0 Å². The van der Waals surface area contributed by atoms with E-state index >= 15 is 0 Å². The van der Waals surface area contributed by atoms with Crippen LogP contribution in [0.2, 0.25) is 0 Å². The van der Waals surface area contributed by atoms with Crippen molar-refractivity contribution in [1.82, 2.24) is 0 Å². The summed E-state index contributed by atoms with van der Waals surface area (Å²) in [5.74, 6) is 0. The van der Waals surface area contributed by atoms with Crippen LogP contribution in [-0.2, 0) is 0 Å². The fraction of sp³-hybridized carbons (Fsp3) is 0. The SMILES string of the molecule is c1ccc(-c2ccc(N(c3ccc(-c4ccc5c(c4)c(-c4ccccc4)c(-c4ccccc4)c4ccccc45)cc3)c3ccc4oc5c6ccccc6ccc5c4c3)cc2)cc1. The van der Waals surface area contributed by atoms with E-state index in [9.17, 15) is 0 Å². The molecule has 12 aromatic rings. The molecule has 12 rings (SSSR count). The number of hydrogen-bond donors (Lipinski definition) is 0. The van der Waals surface area contributed by atoms with Crippen molar-refractivity contribution in [2.24, 2.45) is 0 Å². The monoisotopic (exact) mass is 789 g/mol. The van der Waals surface area contributed by atoms with Gasteiger partial charge in [0.15, 0.2) is 0 Å². The van der Waals surface area contributed by atoms with Gasteiger partial charge < -0.3 is 9.32 Å². The number of anilines is 3. The Labute approximate surface area is 360 Å². The quantitative estimate of drug-likeness (QED) is 0.150. The Morgan fingerprint density at radius 3 is 1.39 bits per heavy atom. The Morgan fingerprint density at radius 2 is 0.726 bits per heavy atom. The average molecular weight is 790 g/mol. The van der Waals surface area contributed by atoms with Crippen LogP contribution in [0.3, 0.4) is 0 Å². The van der Waals surface area contributed by atoms with Crippen LogP contribution in [0.1, 0.15) is 0 Å². The van der Waals surface area contributed by atoms with Crippen LogP contribution < -0.4 is 4.90 Å². The number of benzene rings is 11. The van der Waals surface area contributed by atoms with Gasteiger partial charge in [0.25, 0.3) is 0 Å². The van der Waals surface area contributed by atoms with Gasteiger partial charge >= 0.3 is 0 Å². The maximum atomic E-state index is 6.55. The topological polar surface area (TPSA) is 16.4 Å². The van der Waals surface area contributed by atoms with Crippen molar-refractivity contribution in [3.05, 3.63) is 237 Å². The van der Waals surface area contributed by atoms with Gasteiger partial charge in [-0.2, -0.15) is 0 Å². The molecular formula is C60H39NO. The standard InChI is InChI=1S/C60H39NO/c1-4-14-40(15-5-1)41-24-30-47(31-25-41)61(49-34-37-57-55(39-49)54-36-28-43-16-10-11-21-50(43)60(54)62-57)48-32-26-42(27-33-48)46-29-35-52-51-22-12-13-23-53(51)58(44-17-6-2-7-18-44)59(56(52)38-46)45-19-8-3-9-20-45/h1-39H. The molecule has 0 saturated carbocycles. The summed E-state index contributed by atoms with van der Waals surface area (Å²) in [4.78, 5) is 2.35. The molecule has 1 aromatic heterocycles. The van der Waals surface area contributed by atoms with Crippen molar-refractivity contribution in [2.75, 3.05) is 4.90 Å². The van der Waals surface area contributed by atoms with E-state index in [-0.39, 0.29) is 0 Å². The second-order valence-electron chi connectivity index (χ2n) is 16.0. The predicted molar refractivity (Wildman–Crippen MR) is 263 cm³/mol. The minimum atomic E-state index is 0.879. The summed E-state index contributed by atoms with van der Waals surface area (Å²) in [6, 6.07) is 85.4. The molecule has 1 heterocycles. The molecule has 290 valence electrons. The Bertz CT molecular complexity index is 3590. The van der Waals surface area contributed by atoms with Crippen molar-refractivity contribution in [2.45, 2.75) is 0 Å². The van der Waals surface area contributed by atoms with E-state index in [1.165, 1.54) is 65.9 Å². The van der Waals surface area contributed by atoms with Crippen molar-refractivity contribution >= 4 is 71.3 Å². The van der Waals surface area contributed by atoms with Crippen LogP contribution in [0.15, 0.2) is 241 Å². The van der Waals surface area contributed by atoms with Crippen molar-refractivity contribution in [3.63, 3.8) is 0 Å². The molecule has 2 heteroatoms. The van der Waals surface area contributed by atoms with Crippen LogP contribution in [0, 0.1) is 0 Å². The van der Waals surface area contributed by atoms with Gasteiger partial charge in [-0.05, 0) is 126 Å². The Kier molecular flexibility index (Phi) is 8.53. The summed E-state index contributed by atoms with van der Waals surface area (Å²) >= 11 is 0. The van der Waals surface area contributed by atoms with Gasteiger partial charge in [0.2, 0.25) is 0 Å². The lowest BCUT2D eigenvalue weighted by Crippen LogP contribution is -2.09. The first-order chi connectivity index (χ1) is 30.7. The normalized spacial score (nSPS) is 11.5. The van der Waals surface area contributed by atoms with Gasteiger partial charge in [-0.25, -0.2) is 0 Å².